The molecule has 8 heteroatoms. The Hall–Kier alpha value is -2.38. The molecule has 6 nitrogen and oxygen atoms in total. The third kappa shape index (κ3) is 3.13. The summed E-state index contributed by atoms with van der Waals surface area (Å²) in [5.74, 6) is 0.492. The van der Waals surface area contributed by atoms with Crippen molar-refractivity contribution in [3.63, 3.8) is 0 Å². The predicted molar refractivity (Wildman–Crippen MR) is 95.6 cm³/mol. The first kappa shape index (κ1) is 16.5. The van der Waals surface area contributed by atoms with Gasteiger partial charge in [0, 0.05) is 0 Å². The monoisotopic (exact) mass is 363 g/mol. The van der Waals surface area contributed by atoms with Gasteiger partial charge in [0.05, 0.1) is 33.6 Å². The molecule has 24 heavy (non-hydrogen) atoms. The van der Waals surface area contributed by atoms with Gasteiger partial charge in [-0.25, -0.2) is 13.4 Å². The summed E-state index contributed by atoms with van der Waals surface area (Å²) in [6.45, 7) is 1.71. The molecule has 0 bridgehead atoms. The molecule has 124 valence electrons. The number of rotatable bonds is 3. The molecule has 1 aromatic heterocycles. The second-order valence-corrected chi connectivity index (χ2v) is 7.51. The lowest BCUT2D eigenvalue weighted by atomic mass is 10.2. The highest BCUT2D eigenvalue weighted by atomic mass is 35.5. The van der Waals surface area contributed by atoms with Gasteiger partial charge < -0.3 is 0 Å². The third-order valence-electron chi connectivity index (χ3n) is 3.45. The van der Waals surface area contributed by atoms with E-state index in [1.165, 1.54) is 16.7 Å². The fourth-order valence-electron chi connectivity index (χ4n) is 2.48. The number of halogens is 1. The number of nitrogens with one attached hydrogen (secondary N) is 1. The van der Waals surface area contributed by atoms with E-state index in [1.807, 2.05) is 6.07 Å². The number of hydrogen-bond acceptors (Lipinski definition) is 4. The smallest absolute Gasteiger partial charge is 0.265 e. The lowest BCUT2D eigenvalue weighted by molar-refractivity contribution is 0.607. The summed E-state index contributed by atoms with van der Waals surface area (Å²) in [4.78, 5) is 17.2. The van der Waals surface area contributed by atoms with Crippen LogP contribution in [0, 0.1) is 6.92 Å². The summed E-state index contributed by atoms with van der Waals surface area (Å²) in [7, 11) is -3.49. The fraction of sp³-hybridized carbons (Fsp3) is 0.125. The van der Waals surface area contributed by atoms with Crippen molar-refractivity contribution < 1.29 is 8.42 Å². The Labute approximate surface area is 143 Å². The topological polar surface area (TPSA) is 81.1 Å². The molecule has 0 saturated heterocycles. The average Bonchev–Trinajstić information content (AvgIpc) is 2.49. The van der Waals surface area contributed by atoms with Crippen molar-refractivity contribution in [3.8, 4) is 5.69 Å². The Morgan fingerprint density at radius 2 is 1.88 bits per heavy atom. The van der Waals surface area contributed by atoms with Crippen LogP contribution < -0.4 is 10.3 Å². The Kier molecular flexibility index (Phi) is 4.06. The van der Waals surface area contributed by atoms with Gasteiger partial charge in [-0.15, -0.1) is 0 Å². The van der Waals surface area contributed by atoms with E-state index < -0.39 is 10.0 Å². The van der Waals surface area contributed by atoms with Crippen molar-refractivity contribution in [1.29, 1.82) is 0 Å². The summed E-state index contributed by atoms with van der Waals surface area (Å²) in [5.41, 5.74) is 1.06. The zero-order valence-corrected chi connectivity index (χ0v) is 14.5. The summed E-state index contributed by atoms with van der Waals surface area (Å²) in [6, 6.07) is 11.7. The predicted octanol–water partition coefficient (Wildman–Crippen LogP) is 2.72. The van der Waals surface area contributed by atoms with Crippen LogP contribution in [0.15, 0.2) is 47.3 Å². The third-order valence-corrected chi connectivity index (χ3v) is 4.37. The van der Waals surface area contributed by atoms with Crippen LogP contribution in [0.1, 0.15) is 5.82 Å². The molecule has 0 atom stereocenters. The molecule has 3 rings (SSSR count). The first-order valence-electron chi connectivity index (χ1n) is 7.02. The molecule has 0 aliphatic carbocycles. The number of aromatic nitrogens is 2. The first-order valence-corrected chi connectivity index (χ1v) is 9.29. The molecule has 1 N–H and O–H groups in total. The molecule has 2 aromatic carbocycles. The van der Waals surface area contributed by atoms with E-state index in [9.17, 15) is 13.2 Å². The normalized spacial score (nSPS) is 11.6. The largest absolute Gasteiger partial charge is 0.282 e. The van der Waals surface area contributed by atoms with Gasteiger partial charge in [-0.3, -0.25) is 14.1 Å². The summed E-state index contributed by atoms with van der Waals surface area (Å²) in [5, 5.41) is 0.722. The highest BCUT2D eigenvalue weighted by molar-refractivity contribution is 7.92. The standard InChI is InChI=1S/C16H14ClN3O3S/c1-10-18-14-6-4-3-5-12(14)16(21)20(10)11-7-8-13(17)15(9-11)19-24(2,22)23/h3-9,19H,1-2H3. The van der Waals surface area contributed by atoms with Gasteiger partial charge in [-0.05, 0) is 37.3 Å². The van der Waals surface area contributed by atoms with Crippen LogP contribution in [-0.2, 0) is 10.0 Å². The van der Waals surface area contributed by atoms with Crippen LogP contribution in [0.2, 0.25) is 5.02 Å². The van der Waals surface area contributed by atoms with E-state index in [4.69, 9.17) is 11.6 Å². The zero-order chi connectivity index (χ0) is 17.5. The molecule has 0 spiro atoms. The molecule has 0 fully saturated rings. The number of aryl methyl sites for hydroxylation is 1. The van der Waals surface area contributed by atoms with Crippen molar-refractivity contribution in [2.45, 2.75) is 6.92 Å². The summed E-state index contributed by atoms with van der Waals surface area (Å²) in [6.07, 6.45) is 1.03. The quantitative estimate of drug-likeness (QED) is 0.775. The molecule has 3 aromatic rings. The molecule has 1 heterocycles. The maximum absolute atomic E-state index is 12.8. The highest BCUT2D eigenvalue weighted by Gasteiger charge is 2.13. The van der Waals surface area contributed by atoms with Crippen LogP contribution in [0.3, 0.4) is 0 Å². The molecule has 0 amide bonds. The van der Waals surface area contributed by atoms with Crippen molar-refractivity contribution in [3.05, 3.63) is 63.7 Å². The Morgan fingerprint density at radius 1 is 1.17 bits per heavy atom. The van der Waals surface area contributed by atoms with Gasteiger partial charge in [-0.2, -0.15) is 0 Å². The van der Waals surface area contributed by atoms with E-state index >= 15 is 0 Å². The van der Waals surface area contributed by atoms with Crippen molar-refractivity contribution in [2.75, 3.05) is 11.0 Å². The second kappa shape index (κ2) is 5.92. The van der Waals surface area contributed by atoms with Gasteiger partial charge in [0.1, 0.15) is 5.82 Å². The van der Waals surface area contributed by atoms with Crippen molar-refractivity contribution >= 4 is 38.2 Å². The van der Waals surface area contributed by atoms with Gasteiger partial charge in [0.2, 0.25) is 10.0 Å². The zero-order valence-electron chi connectivity index (χ0n) is 12.9. The van der Waals surface area contributed by atoms with Crippen LogP contribution >= 0.6 is 11.6 Å². The summed E-state index contributed by atoms with van der Waals surface area (Å²) >= 11 is 6.03. The lowest BCUT2D eigenvalue weighted by Gasteiger charge is -2.13. The first-order chi connectivity index (χ1) is 11.3. The minimum atomic E-state index is -3.49. The SMILES string of the molecule is Cc1nc2ccccc2c(=O)n1-c1ccc(Cl)c(NS(C)(=O)=O)c1. The second-order valence-electron chi connectivity index (χ2n) is 5.36. The van der Waals surface area contributed by atoms with Crippen LogP contribution in [0.5, 0.6) is 0 Å². The van der Waals surface area contributed by atoms with E-state index in [2.05, 4.69) is 9.71 Å². The van der Waals surface area contributed by atoms with Crippen LogP contribution in [-0.4, -0.2) is 24.2 Å². The number of anilines is 1. The number of fused-ring (bicyclic) bond motifs is 1. The Bertz CT molecular complexity index is 1110. The Morgan fingerprint density at radius 3 is 2.58 bits per heavy atom. The number of benzene rings is 2. The number of hydrogen-bond donors (Lipinski definition) is 1. The van der Waals surface area contributed by atoms with E-state index in [-0.39, 0.29) is 16.3 Å². The van der Waals surface area contributed by atoms with Crippen LogP contribution in [0.25, 0.3) is 16.6 Å². The van der Waals surface area contributed by atoms with Gasteiger partial charge >= 0.3 is 0 Å². The maximum Gasteiger partial charge on any atom is 0.265 e. The molecule has 0 saturated carbocycles. The number of sulfonamides is 1. The van der Waals surface area contributed by atoms with Gasteiger partial charge in [0.25, 0.3) is 5.56 Å². The van der Waals surface area contributed by atoms with E-state index in [1.54, 1.807) is 31.2 Å². The van der Waals surface area contributed by atoms with Crippen molar-refractivity contribution in [1.82, 2.24) is 9.55 Å². The molecule has 0 radical (unpaired) electrons. The number of para-hydroxylation sites is 1. The minimum absolute atomic E-state index is 0.205. The molecular weight excluding hydrogens is 350 g/mol. The fourth-order valence-corrected chi connectivity index (χ4v) is 3.27. The molecule has 0 aliphatic rings. The molecular formula is C16H14ClN3O3S. The van der Waals surface area contributed by atoms with Crippen molar-refractivity contribution in [2.24, 2.45) is 0 Å². The van der Waals surface area contributed by atoms with Crippen LogP contribution in [0.4, 0.5) is 5.69 Å². The summed E-state index contributed by atoms with van der Waals surface area (Å²) < 4.78 is 26.7. The Balaban J connectivity index is 2.25. The maximum atomic E-state index is 12.8. The van der Waals surface area contributed by atoms with E-state index in [0.29, 0.717) is 22.4 Å². The highest BCUT2D eigenvalue weighted by Crippen LogP contribution is 2.26. The lowest BCUT2D eigenvalue weighted by Crippen LogP contribution is -2.22. The van der Waals surface area contributed by atoms with E-state index in [0.717, 1.165) is 6.26 Å². The average molecular weight is 364 g/mol. The van der Waals surface area contributed by atoms with Gasteiger partial charge in [0.15, 0.2) is 0 Å². The molecule has 0 unspecified atom stereocenters. The number of nitrogens with zero attached hydrogens (tertiary/aromatic N) is 2. The molecule has 0 aliphatic heterocycles. The van der Waals surface area contributed by atoms with Gasteiger partial charge in [-0.1, -0.05) is 23.7 Å². The minimum Gasteiger partial charge on any atom is -0.282 e.